The molecule has 1 aliphatic rings. The van der Waals surface area contributed by atoms with E-state index in [1.54, 1.807) is 0 Å². The van der Waals surface area contributed by atoms with E-state index in [9.17, 15) is 4.79 Å². The molecule has 0 radical (unpaired) electrons. The average molecular weight is 289 g/mol. The van der Waals surface area contributed by atoms with Crippen molar-refractivity contribution in [3.05, 3.63) is 35.9 Å². The van der Waals surface area contributed by atoms with Gasteiger partial charge in [-0.1, -0.05) is 30.3 Å². The first kappa shape index (κ1) is 16.0. The van der Waals surface area contributed by atoms with E-state index in [2.05, 4.69) is 37.9 Å². The number of amides is 1. The molecule has 1 atom stereocenters. The number of nitrogens with two attached hydrogens (primary N) is 1. The van der Waals surface area contributed by atoms with Gasteiger partial charge < -0.3 is 10.6 Å². The Bertz CT molecular complexity index is 472. The van der Waals surface area contributed by atoms with Gasteiger partial charge in [0.05, 0.1) is 6.04 Å². The van der Waals surface area contributed by atoms with Crippen molar-refractivity contribution >= 4 is 5.91 Å². The minimum atomic E-state index is -0.399. The average Bonchev–Trinajstić information content (AvgIpc) is 2.48. The Morgan fingerprint density at radius 1 is 1.29 bits per heavy atom. The van der Waals surface area contributed by atoms with Gasteiger partial charge in [0, 0.05) is 25.2 Å². The highest BCUT2D eigenvalue weighted by atomic mass is 16.2. The summed E-state index contributed by atoms with van der Waals surface area (Å²) >= 11 is 0. The van der Waals surface area contributed by atoms with E-state index in [1.165, 1.54) is 5.56 Å². The zero-order chi connectivity index (χ0) is 15.5. The maximum atomic E-state index is 12.5. The third-order valence-electron chi connectivity index (χ3n) is 4.53. The Hall–Kier alpha value is -1.39. The molecule has 21 heavy (non-hydrogen) atoms. The molecule has 0 bridgehead atoms. The Morgan fingerprint density at radius 3 is 2.57 bits per heavy atom. The third kappa shape index (κ3) is 4.05. The maximum absolute atomic E-state index is 12.5. The van der Waals surface area contributed by atoms with Gasteiger partial charge in [0.2, 0.25) is 5.91 Å². The number of likely N-dealkylation sites (N-methyl/N-ethyl adjacent to an activating group) is 1. The monoisotopic (exact) mass is 289 g/mol. The van der Waals surface area contributed by atoms with E-state index in [0.717, 1.165) is 26.1 Å². The fourth-order valence-corrected chi connectivity index (χ4v) is 2.75. The van der Waals surface area contributed by atoms with Crippen LogP contribution < -0.4 is 5.73 Å². The van der Waals surface area contributed by atoms with E-state index in [0.29, 0.717) is 6.42 Å². The smallest absolute Gasteiger partial charge is 0.239 e. The summed E-state index contributed by atoms with van der Waals surface area (Å²) in [4.78, 5) is 16.7. The van der Waals surface area contributed by atoms with Crippen LogP contribution in [0, 0.1) is 0 Å². The van der Waals surface area contributed by atoms with Gasteiger partial charge in [-0.15, -0.1) is 0 Å². The summed E-state index contributed by atoms with van der Waals surface area (Å²) in [5, 5.41) is 0. The molecule has 1 aromatic rings. The molecule has 2 rings (SSSR count). The molecular formula is C17H27N3O. The lowest BCUT2D eigenvalue weighted by atomic mass is 9.98. The van der Waals surface area contributed by atoms with Gasteiger partial charge in [0.15, 0.2) is 0 Å². The van der Waals surface area contributed by atoms with Crippen molar-refractivity contribution in [2.75, 3.05) is 26.7 Å². The second-order valence-corrected chi connectivity index (χ2v) is 6.62. The number of carbonyl (C=O) groups excluding carboxylic acids is 1. The van der Waals surface area contributed by atoms with Crippen molar-refractivity contribution in [3.63, 3.8) is 0 Å². The van der Waals surface area contributed by atoms with E-state index in [-0.39, 0.29) is 11.4 Å². The fraction of sp³-hybridized carbons (Fsp3) is 0.588. The highest BCUT2D eigenvalue weighted by Crippen LogP contribution is 2.19. The Balaban J connectivity index is 1.88. The first-order chi connectivity index (χ1) is 9.90. The van der Waals surface area contributed by atoms with Gasteiger partial charge >= 0.3 is 0 Å². The van der Waals surface area contributed by atoms with E-state index >= 15 is 0 Å². The molecule has 1 saturated heterocycles. The number of carbonyl (C=O) groups is 1. The molecule has 0 aromatic heterocycles. The topological polar surface area (TPSA) is 49.6 Å². The van der Waals surface area contributed by atoms with Crippen molar-refractivity contribution in [3.8, 4) is 0 Å². The number of piperazine rings is 1. The first-order valence-corrected chi connectivity index (χ1v) is 7.70. The van der Waals surface area contributed by atoms with Gasteiger partial charge in [-0.2, -0.15) is 0 Å². The van der Waals surface area contributed by atoms with Crippen LogP contribution in [0.25, 0.3) is 0 Å². The lowest BCUT2D eigenvalue weighted by Crippen LogP contribution is -2.61. The van der Waals surface area contributed by atoms with Gasteiger partial charge in [-0.05, 0) is 39.3 Å². The van der Waals surface area contributed by atoms with Crippen molar-refractivity contribution < 1.29 is 4.79 Å². The van der Waals surface area contributed by atoms with Gasteiger partial charge in [-0.3, -0.25) is 9.69 Å². The van der Waals surface area contributed by atoms with E-state index < -0.39 is 6.04 Å². The van der Waals surface area contributed by atoms with Crippen molar-refractivity contribution in [2.24, 2.45) is 5.73 Å². The molecule has 2 N–H and O–H groups in total. The van der Waals surface area contributed by atoms with Crippen LogP contribution in [0.3, 0.4) is 0 Å². The van der Waals surface area contributed by atoms with E-state index in [1.807, 2.05) is 23.1 Å². The molecular weight excluding hydrogens is 262 g/mol. The molecule has 116 valence electrons. The summed E-state index contributed by atoms with van der Waals surface area (Å²) < 4.78 is 0. The minimum absolute atomic E-state index is 0.0209. The summed E-state index contributed by atoms with van der Waals surface area (Å²) in [5.74, 6) is 0.0899. The molecule has 0 saturated carbocycles. The zero-order valence-electron chi connectivity index (χ0n) is 13.4. The van der Waals surface area contributed by atoms with Gasteiger partial charge in [0.1, 0.15) is 0 Å². The van der Waals surface area contributed by atoms with Crippen LogP contribution in [0.5, 0.6) is 0 Å². The lowest BCUT2D eigenvalue weighted by molar-refractivity contribution is -0.137. The van der Waals surface area contributed by atoms with Crippen LogP contribution in [-0.2, 0) is 11.2 Å². The van der Waals surface area contributed by atoms with Crippen LogP contribution in [-0.4, -0.2) is 54.0 Å². The molecule has 1 heterocycles. The summed E-state index contributed by atoms with van der Waals surface area (Å²) in [6.07, 6.45) is 1.56. The fourth-order valence-electron chi connectivity index (χ4n) is 2.75. The molecule has 4 nitrogen and oxygen atoms in total. The Morgan fingerprint density at radius 2 is 1.95 bits per heavy atom. The van der Waals surface area contributed by atoms with Crippen LogP contribution >= 0.6 is 0 Å². The van der Waals surface area contributed by atoms with Crippen LogP contribution in [0.4, 0.5) is 0 Å². The number of hydrogen-bond acceptors (Lipinski definition) is 3. The molecule has 1 amide bonds. The van der Waals surface area contributed by atoms with Crippen molar-refractivity contribution in [2.45, 2.75) is 38.3 Å². The highest BCUT2D eigenvalue weighted by molar-refractivity contribution is 5.81. The van der Waals surface area contributed by atoms with Crippen LogP contribution in [0.1, 0.15) is 25.8 Å². The second kappa shape index (κ2) is 6.58. The maximum Gasteiger partial charge on any atom is 0.239 e. The van der Waals surface area contributed by atoms with E-state index in [4.69, 9.17) is 5.73 Å². The zero-order valence-corrected chi connectivity index (χ0v) is 13.4. The lowest BCUT2D eigenvalue weighted by Gasteiger charge is -2.45. The summed E-state index contributed by atoms with van der Waals surface area (Å²) in [6.45, 7) is 6.77. The van der Waals surface area contributed by atoms with Crippen LogP contribution in [0.15, 0.2) is 30.3 Å². The summed E-state index contributed by atoms with van der Waals surface area (Å²) in [7, 11) is 2.11. The quantitative estimate of drug-likeness (QED) is 0.914. The summed E-state index contributed by atoms with van der Waals surface area (Å²) in [5.41, 5.74) is 7.37. The Kier molecular flexibility index (Phi) is 5.01. The SMILES string of the molecule is CN1CCN(C(=O)[C@@H](N)CCc2ccccc2)CC1(C)C. The Labute approximate surface area is 127 Å². The predicted molar refractivity (Wildman–Crippen MR) is 86.0 cm³/mol. The normalized spacial score (nSPS) is 20.3. The predicted octanol–water partition coefficient (Wildman–Crippen LogP) is 1.50. The van der Waals surface area contributed by atoms with Crippen molar-refractivity contribution in [1.82, 2.24) is 9.80 Å². The number of benzene rings is 1. The first-order valence-electron chi connectivity index (χ1n) is 7.70. The number of aryl methyl sites for hydroxylation is 1. The minimum Gasteiger partial charge on any atom is -0.338 e. The van der Waals surface area contributed by atoms with Crippen LogP contribution in [0.2, 0.25) is 0 Å². The van der Waals surface area contributed by atoms with Crippen molar-refractivity contribution in [1.29, 1.82) is 0 Å². The molecule has 1 fully saturated rings. The highest BCUT2D eigenvalue weighted by Gasteiger charge is 2.34. The molecule has 0 spiro atoms. The second-order valence-electron chi connectivity index (χ2n) is 6.62. The molecule has 0 unspecified atom stereocenters. The molecule has 1 aromatic carbocycles. The standard InChI is InChI=1S/C17H27N3O/c1-17(2)13-20(12-11-19(17)3)16(21)15(18)10-9-14-7-5-4-6-8-14/h4-8,15H,9-13,18H2,1-3H3/t15-/m0/s1. The largest absolute Gasteiger partial charge is 0.338 e. The number of hydrogen-bond donors (Lipinski definition) is 1. The van der Waals surface area contributed by atoms with Gasteiger partial charge in [-0.25, -0.2) is 0 Å². The number of rotatable bonds is 4. The summed E-state index contributed by atoms with van der Waals surface area (Å²) in [6, 6.07) is 9.80. The number of nitrogens with zero attached hydrogens (tertiary/aromatic N) is 2. The molecule has 1 aliphatic heterocycles. The third-order valence-corrected chi connectivity index (χ3v) is 4.53. The van der Waals surface area contributed by atoms with Gasteiger partial charge in [0.25, 0.3) is 0 Å². The molecule has 0 aliphatic carbocycles. The molecule has 4 heteroatoms.